The number of nitrogens with zero attached hydrogens (tertiary/aromatic N) is 2. The fourth-order valence-electron chi connectivity index (χ4n) is 1.52. The van der Waals surface area contributed by atoms with Gasteiger partial charge in [-0.05, 0) is 32.5 Å². The van der Waals surface area contributed by atoms with E-state index in [0.717, 1.165) is 11.3 Å². The normalized spacial score (nSPS) is 10.9. The van der Waals surface area contributed by atoms with E-state index in [1.54, 1.807) is 12.1 Å². The molecule has 1 rings (SSSR count). The quantitative estimate of drug-likeness (QED) is 0.631. The van der Waals surface area contributed by atoms with Crippen molar-refractivity contribution in [1.29, 1.82) is 0 Å². The highest BCUT2D eigenvalue weighted by molar-refractivity contribution is 5.55. The monoisotopic (exact) mass is 237 g/mol. The number of hydrogen-bond acceptors (Lipinski definition) is 4. The molecule has 0 radical (unpaired) electrons. The second-order valence-electron chi connectivity index (χ2n) is 4.36. The van der Waals surface area contributed by atoms with Crippen LogP contribution >= 0.6 is 0 Å². The molecule has 17 heavy (non-hydrogen) atoms. The van der Waals surface area contributed by atoms with Crippen LogP contribution in [0.3, 0.4) is 0 Å². The molecule has 0 saturated heterocycles. The van der Waals surface area contributed by atoms with Crippen LogP contribution in [-0.4, -0.2) is 30.0 Å². The summed E-state index contributed by atoms with van der Waals surface area (Å²) in [7, 11) is 3.82. The molecule has 0 aromatic heterocycles. The van der Waals surface area contributed by atoms with Crippen molar-refractivity contribution in [2.75, 3.05) is 19.4 Å². The number of nitro benzene ring substituents is 1. The Balaban J connectivity index is 3.02. The van der Waals surface area contributed by atoms with Gasteiger partial charge in [0, 0.05) is 37.5 Å². The number of nitro groups is 1. The highest BCUT2D eigenvalue weighted by atomic mass is 16.6. The van der Waals surface area contributed by atoms with Crippen LogP contribution in [0.15, 0.2) is 18.2 Å². The van der Waals surface area contributed by atoms with Gasteiger partial charge in [-0.3, -0.25) is 15.0 Å². The number of hydrogen-bond donors (Lipinski definition) is 1. The summed E-state index contributed by atoms with van der Waals surface area (Å²) >= 11 is 0. The third-order valence-corrected chi connectivity index (χ3v) is 2.87. The Morgan fingerprint density at radius 1 is 1.47 bits per heavy atom. The average molecular weight is 237 g/mol. The van der Waals surface area contributed by atoms with Crippen molar-refractivity contribution in [2.24, 2.45) is 0 Å². The van der Waals surface area contributed by atoms with Crippen LogP contribution in [0.25, 0.3) is 0 Å². The van der Waals surface area contributed by atoms with E-state index in [1.807, 2.05) is 14.1 Å². The average Bonchev–Trinajstić information content (AvgIpc) is 2.28. The number of anilines is 1. The minimum atomic E-state index is -0.363. The maximum atomic E-state index is 10.7. The van der Waals surface area contributed by atoms with Crippen LogP contribution in [0, 0.1) is 10.1 Å². The Labute approximate surface area is 102 Å². The summed E-state index contributed by atoms with van der Waals surface area (Å²) in [5.74, 6) is 0. The van der Waals surface area contributed by atoms with Gasteiger partial charge in [0.25, 0.3) is 5.69 Å². The fraction of sp³-hybridized carbons (Fsp3) is 0.500. The van der Waals surface area contributed by atoms with Gasteiger partial charge in [-0.2, -0.15) is 0 Å². The molecule has 0 fully saturated rings. The molecule has 0 bridgehead atoms. The molecule has 0 aliphatic heterocycles. The van der Waals surface area contributed by atoms with Crippen molar-refractivity contribution in [1.82, 2.24) is 4.90 Å². The SMILES string of the molecule is CNc1ccc([N+](=O)[O-])cc1CN(C)C(C)C. The summed E-state index contributed by atoms with van der Waals surface area (Å²) in [6, 6.07) is 5.30. The van der Waals surface area contributed by atoms with Gasteiger partial charge in [0.05, 0.1) is 4.92 Å². The molecule has 5 nitrogen and oxygen atoms in total. The molecule has 94 valence electrons. The Morgan fingerprint density at radius 3 is 2.59 bits per heavy atom. The predicted octanol–water partition coefficient (Wildman–Crippen LogP) is 2.48. The van der Waals surface area contributed by atoms with E-state index in [9.17, 15) is 10.1 Å². The highest BCUT2D eigenvalue weighted by Crippen LogP contribution is 2.23. The van der Waals surface area contributed by atoms with Crippen LogP contribution in [0.4, 0.5) is 11.4 Å². The van der Waals surface area contributed by atoms with Crippen molar-refractivity contribution >= 4 is 11.4 Å². The second-order valence-corrected chi connectivity index (χ2v) is 4.36. The van der Waals surface area contributed by atoms with Crippen LogP contribution in [-0.2, 0) is 6.54 Å². The molecule has 0 aliphatic rings. The first kappa shape index (κ1) is 13.4. The molecule has 1 aromatic carbocycles. The van der Waals surface area contributed by atoms with Crippen molar-refractivity contribution in [3.8, 4) is 0 Å². The van der Waals surface area contributed by atoms with E-state index in [4.69, 9.17) is 0 Å². The second kappa shape index (κ2) is 5.63. The van der Waals surface area contributed by atoms with E-state index in [-0.39, 0.29) is 10.6 Å². The minimum Gasteiger partial charge on any atom is -0.388 e. The summed E-state index contributed by atoms with van der Waals surface area (Å²) in [4.78, 5) is 12.5. The van der Waals surface area contributed by atoms with Crippen molar-refractivity contribution in [3.05, 3.63) is 33.9 Å². The maximum Gasteiger partial charge on any atom is 0.269 e. The third kappa shape index (κ3) is 3.42. The standard InChI is InChI=1S/C12H19N3O2/c1-9(2)14(4)8-10-7-11(15(16)17)5-6-12(10)13-3/h5-7,9,13H,8H2,1-4H3. The van der Waals surface area contributed by atoms with Gasteiger partial charge in [-0.25, -0.2) is 0 Å². The molecule has 0 spiro atoms. The van der Waals surface area contributed by atoms with Gasteiger partial charge < -0.3 is 5.32 Å². The molecule has 5 heteroatoms. The lowest BCUT2D eigenvalue weighted by atomic mass is 10.1. The Kier molecular flexibility index (Phi) is 4.45. The molecule has 0 unspecified atom stereocenters. The van der Waals surface area contributed by atoms with Crippen LogP contribution in [0.5, 0.6) is 0 Å². The van der Waals surface area contributed by atoms with E-state index in [2.05, 4.69) is 24.1 Å². The summed E-state index contributed by atoms with van der Waals surface area (Å²) in [6.45, 7) is 4.88. The number of benzene rings is 1. The van der Waals surface area contributed by atoms with Gasteiger partial charge >= 0.3 is 0 Å². The van der Waals surface area contributed by atoms with E-state index in [1.165, 1.54) is 6.07 Å². The lowest BCUT2D eigenvalue weighted by Gasteiger charge is -2.22. The van der Waals surface area contributed by atoms with E-state index in [0.29, 0.717) is 12.6 Å². The van der Waals surface area contributed by atoms with Crippen molar-refractivity contribution < 1.29 is 4.92 Å². The first-order chi connectivity index (χ1) is 7.95. The van der Waals surface area contributed by atoms with Crippen LogP contribution in [0.1, 0.15) is 19.4 Å². The largest absolute Gasteiger partial charge is 0.388 e. The highest BCUT2D eigenvalue weighted by Gasteiger charge is 2.12. The topological polar surface area (TPSA) is 58.4 Å². The number of nitrogens with one attached hydrogen (secondary N) is 1. The number of rotatable bonds is 5. The molecule has 1 N–H and O–H groups in total. The molecule has 0 amide bonds. The molecule has 0 atom stereocenters. The third-order valence-electron chi connectivity index (χ3n) is 2.87. The summed E-state index contributed by atoms with van der Waals surface area (Å²) in [5.41, 5.74) is 2.01. The smallest absolute Gasteiger partial charge is 0.269 e. The lowest BCUT2D eigenvalue weighted by molar-refractivity contribution is -0.384. The molecular formula is C12H19N3O2. The van der Waals surface area contributed by atoms with Crippen molar-refractivity contribution in [3.63, 3.8) is 0 Å². The molecule has 0 heterocycles. The van der Waals surface area contributed by atoms with Gasteiger partial charge in [-0.15, -0.1) is 0 Å². The summed E-state index contributed by atoms with van der Waals surface area (Å²) in [6.07, 6.45) is 0. The van der Waals surface area contributed by atoms with Gasteiger partial charge in [0.15, 0.2) is 0 Å². The zero-order chi connectivity index (χ0) is 13.0. The van der Waals surface area contributed by atoms with Gasteiger partial charge in [0.1, 0.15) is 0 Å². The Bertz CT molecular complexity index is 405. The van der Waals surface area contributed by atoms with Crippen LogP contribution < -0.4 is 5.32 Å². The van der Waals surface area contributed by atoms with Crippen LogP contribution in [0.2, 0.25) is 0 Å². The zero-order valence-corrected chi connectivity index (χ0v) is 10.7. The summed E-state index contributed by atoms with van der Waals surface area (Å²) in [5, 5.41) is 13.8. The summed E-state index contributed by atoms with van der Waals surface area (Å²) < 4.78 is 0. The molecule has 0 saturated carbocycles. The Hall–Kier alpha value is -1.62. The van der Waals surface area contributed by atoms with Gasteiger partial charge in [0.2, 0.25) is 0 Å². The zero-order valence-electron chi connectivity index (χ0n) is 10.7. The van der Waals surface area contributed by atoms with Gasteiger partial charge in [-0.1, -0.05) is 0 Å². The Morgan fingerprint density at radius 2 is 2.12 bits per heavy atom. The molecule has 0 aliphatic carbocycles. The fourth-order valence-corrected chi connectivity index (χ4v) is 1.52. The minimum absolute atomic E-state index is 0.135. The molecule has 1 aromatic rings. The first-order valence-electron chi connectivity index (χ1n) is 5.61. The van der Waals surface area contributed by atoms with Crippen molar-refractivity contribution in [2.45, 2.75) is 26.4 Å². The lowest BCUT2D eigenvalue weighted by Crippen LogP contribution is -2.26. The molecular weight excluding hydrogens is 218 g/mol. The predicted molar refractivity (Wildman–Crippen MR) is 69.2 cm³/mol. The maximum absolute atomic E-state index is 10.7. The number of non-ortho nitro benzene ring substituents is 1. The van der Waals surface area contributed by atoms with E-state index >= 15 is 0 Å². The first-order valence-corrected chi connectivity index (χ1v) is 5.61. The van der Waals surface area contributed by atoms with E-state index < -0.39 is 0 Å².